The van der Waals surface area contributed by atoms with Gasteiger partial charge in [0.2, 0.25) is 0 Å². The van der Waals surface area contributed by atoms with Gasteiger partial charge in [0, 0.05) is 0 Å². The van der Waals surface area contributed by atoms with Gasteiger partial charge in [-0.05, 0) is 28.1 Å². The summed E-state index contributed by atoms with van der Waals surface area (Å²) in [5.41, 5.74) is -0.0463. The molecule has 5 nitrogen and oxygen atoms in total. The van der Waals surface area contributed by atoms with Crippen LogP contribution in [0.1, 0.15) is 16.1 Å². The molecular weight excluding hydrogens is 254 g/mol. The second-order valence-corrected chi connectivity index (χ2v) is 3.32. The molecular formula is C8H6BrNO4. The maximum Gasteiger partial charge on any atom is 0.337 e. The second-order valence-electron chi connectivity index (χ2n) is 2.50. The van der Waals surface area contributed by atoms with Crippen LogP contribution in [0.2, 0.25) is 0 Å². The third-order valence-corrected chi connectivity index (χ3v) is 1.93. The van der Waals surface area contributed by atoms with Crippen molar-refractivity contribution in [2.24, 2.45) is 0 Å². The van der Waals surface area contributed by atoms with Crippen LogP contribution in [-0.4, -0.2) is 27.1 Å². The highest BCUT2D eigenvalue weighted by molar-refractivity contribution is 9.10. The summed E-state index contributed by atoms with van der Waals surface area (Å²) in [6, 6.07) is 2.77. The highest BCUT2D eigenvalue weighted by Crippen LogP contribution is 2.12. The van der Waals surface area contributed by atoms with E-state index in [1.54, 1.807) is 0 Å². The van der Waals surface area contributed by atoms with Crippen LogP contribution in [0.25, 0.3) is 0 Å². The van der Waals surface area contributed by atoms with Gasteiger partial charge in [0.1, 0.15) is 4.60 Å². The molecule has 6 heteroatoms. The van der Waals surface area contributed by atoms with Gasteiger partial charge in [0.05, 0.1) is 17.7 Å². The second kappa shape index (κ2) is 4.19. The third kappa shape index (κ3) is 2.53. The fourth-order valence-corrected chi connectivity index (χ4v) is 1.29. The first-order valence-corrected chi connectivity index (χ1v) is 4.40. The van der Waals surface area contributed by atoms with E-state index in [-0.39, 0.29) is 11.3 Å². The summed E-state index contributed by atoms with van der Waals surface area (Å²) >= 11 is 3.04. The molecule has 0 aliphatic rings. The van der Waals surface area contributed by atoms with E-state index in [4.69, 9.17) is 10.2 Å². The van der Waals surface area contributed by atoms with Gasteiger partial charge >= 0.3 is 11.9 Å². The summed E-state index contributed by atoms with van der Waals surface area (Å²) in [5, 5.41) is 17.2. The molecule has 0 saturated heterocycles. The van der Waals surface area contributed by atoms with Crippen molar-refractivity contribution in [1.29, 1.82) is 0 Å². The molecule has 0 aliphatic heterocycles. The summed E-state index contributed by atoms with van der Waals surface area (Å²) in [5.74, 6) is -2.29. The lowest BCUT2D eigenvalue weighted by Crippen LogP contribution is -2.10. The molecule has 1 rings (SSSR count). The molecule has 0 unspecified atom stereocenters. The topological polar surface area (TPSA) is 87.5 Å². The Labute approximate surface area is 87.5 Å². The molecule has 0 spiro atoms. The number of aromatic carboxylic acids is 1. The predicted octanol–water partition coefficient (Wildman–Crippen LogP) is 1.17. The van der Waals surface area contributed by atoms with E-state index in [0.29, 0.717) is 4.60 Å². The summed E-state index contributed by atoms with van der Waals surface area (Å²) in [6.07, 6.45) is -0.402. The average molecular weight is 260 g/mol. The number of hydrogen-bond donors (Lipinski definition) is 2. The molecule has 2 N–H and O–H groups in total. The zero-order valence-corrected chi connectivity index (χ0v) is 8.48. The molecule has 0 saturated carbocycles. The molecule has 0 aliphatic carbocycles. The van der Waals surface area contributed by atoms with E-state index in [0.717, 1.165) is 0 Å². The fourth-order valence-electron chi connectivity index (χ4n) is 0.947. The minimum absolute atomic E-state index is 0.0411. The number of carboxylic acids is 2. The summed E-state index contributed by atoms with van der Waals surface area (Å²) in [7, 11) is 0. The van der Waals surface area contributed by atoms with Crippen LogP contribution in [0.3, 0.4) is 0 Å². The number of nitrogens with zero attached hydrogens (tertiary/aromatic N) is 1. The first-order valence-electron chi connectivity index (χ1n) is 3.61. The molecule has 0 amide bonds. The Morgan fingerprint density at radius 2 is 2.00 bits per heavy atom. The molecule has 0 radical (unpaired) electrons. The van der Waals surface area contributed by atoms with Crippen LogP contribution in [0, 0.1) is 0 Å². The molecule has 74 valence electrons. The van der Waals surface area contributed by atoms with Crippen molar-refractivity contribution >= 4 is 27.9 Å². The van der Waals surface area contributed by atoms with Crippen molar-refractivity contribution < 1.29 is 19.8 Å². The number of halogens is 1. The fraction of sp³-hybridized carbons (Fsp3) is 0.125. The van der Waals surface area contributed by atoms with Crippen molar-refractivity contribution in [3.8, 4) is 0 Å². The summed E-state index contributed by atoms with van der Waals surface area (Å²) in [6.45, 7) is 0. The number of carboxylic acid groups (broad SMARTS) is 2. The van der Waals surface area contributed by atoms with E-state index in [1.807, 2.05) is 0 Å². The number of rotatable bonds is 3. The normalized spacial score (nSPS) is 9.79. The van der Waals surface area contributed by atoms with E-state index >= 15 is 0 Å². The van der Waals surface area contributed by atoms with Crippen LogP contribution in [-0.2, 0) is 11.2 Å². The summed E-state index contributed by atoms with van der Waals surface area (Å²) < 4.78 is 0.416. The van der Waals surface area contributed by atoms with E-state index in [2.05, 4.69) is 20.9 Å². The number of aromatic nitrogens is 1. The molecule has 0 aromatic carbocycles. The first kappa shape index (κ1) is 10.6. The molecule has 14 heavy (non-hydrogen) atoms. The molecule has 0 fully saturated rings. The lowest BCUT2D eigenvalue weighted by atomic mass is 10.1. The van der Waals surface area contributed by atoms with Crippen molar-refractivity contribution in [3.05, 3.63) is 28.0 Å². The highest BCUT2D eigenvalue weighted by Gasteiger charge is 2.14. The van der Waals surface area contributed by atoms with Gasteiger partial charge in [-0.3, -0.25) is 4.79 Å². The summed E-state index contributed by atoms with van der Waals surface area (Å²) in [4.78, 5) is 24.9. The van der Waals surface area contributed by atoms with Crippen LogP contribution in [0.5, 0.6) is 0 Å². The first-order chi connectivity index (χ1) is 6.50. The van der Waals surface area contributed by atoms with Crippen LogP contribution >= 0.6 is 15.9 Å². The largest absolute Gasteiger partial charge is 0.481 e. The Bertz CT molecular complexity index is 391. The van der Waals surface area contributed by atoms with Crippen molar-refractivity contribution in [2.75, 3.05) is 0 Å². The number of carbonyl (C=O) groups is 2. The van der Waals surface area contributed by atoms with Gasteiger partial charge in [0.25, 0.3) is 0 Å². The Morgan fingerprint density at radius 1 is 1.36 bits per heavy atom. The third-order valence-electron chi connectivity index (χ3n) is 1.49. The molecule has 1 heterocycles. The molecule has 1 aromatic heterocycles. The van der Waals surface area contributed by atoms with Gasteiger partial charge in [-0.25, -0.2) is 9.78 Å². The number of pyridine rings is 1. The van der Waals surface area contributed by atoms with Crippen LogP contribution < -0.4 is 0 Å². The average Bonchev–Trinajstić information content (AvgIpc) is 2.01. The van der Waals surface area contributed by atoms with E-state index < -0.39 is 18.4 Å². The zero-order chi connectivity index (χ0) is 10.7. The van der Waals surface area contributed by atoms with Gasteiger partial charge in [0.15, 0.2) is 0 Å². The van der Waals surface area contributed by atoms with Crippen LogP contribution in [0.4, 0.5) is 0 Å². The minimum Gasteiger partial charge on any atom is -0.481 e. The minimum atomic E-state index is -1.18. The van der Waals surface area contributed by atoms with Crippen molar-refractivity contribution in [3.63, 3.8) is 0 Å². The predicted molar refractivity (Wildman–Crippen MR) is 50.2 cm³/mol. The lowest BCUT2D eigenvalue weighted by Gasteiger charge is -2.02. The van der Waals surface area contributed by atoms with E-state index in [9.17, 15) is 9.59 Å². The highest BCUT2D eigenvalue weighted by atomic mass is 79.9. The van der Waals surface area contributed by atoms with Gasteiger partial charge in [-0.1, -0.05) is 0 Å². The van der Waals surface area contributed by atoms with Gasteiger partial charge < -0.3 is 10.2 Å². The van der Waals surface area contributed by atoms with Crippen molar-refractivity contribution in [2.45, 2.75) is 6.42 Å². The lowest BCUT2D eigenvalue weighted by molar-refractivity contribution is -0.136. The maximum atomic E-state index is 10.7. The van der Waals surface area contributed by atoms with Crippen molar-refractivity contribution in [1.82, 2.24) is 4.98 Å². The quantitative estimate of drug-likeness (QED) is 0.796. The standard InChI is InChI=1S/C8H6BrNO4/c9-6-2-1-4(8(13)14)5(10-6)3-7(11)12/h1-2H,3H2,(H,11,12)(H,13,14). The van der Waals surface area contributed by atoms with Gasteiger partial charge in [-0.15, -0.1) is 0 Å². The Balaban J connectivity index is 3.15. The molecule has 1 aromatic rings. The Kier molecular flexibility index (Phi) is 3.19. The Morgan fingerprint density at radius 3 is 2.50 bits per heavy atom. The number of aliphatic carboxylic acids is 1. The SMILES string of the molecule is O=C(O)Cc1nc(Br)ccc1C(=O)O. The van der Waals surface area contributed by atoms with Gasteiger partial charge in [-0.2, -0.15) is 0 Å². The number of hydrogen-bond acceptors (Lipinski definition) is 3. The van der Waals surface area contributed by atoms with E-state index in [1.165, 1.54) is 12.1 Å². The Hall–Kier alpha value is -1.43. The monoisotopic (exact) mass is 259 g/mol. The molecule has 0 atom stereocenters. The zero-order valence-electron chi connectivity index (χ0n) is 6.90. The smallest absolute Gasteiger partial charge is 0.337 e. The van der Waals surface area contributed by atoms with Crippen LogP contribution in [0.15, 0.2) is 16.7 Å². The molecule has 0 bridgehead atoms. The maximum absolute atomic E-state index is 10.7.